The Morgan fingerprint density at radius 1 is 1.30 bits per heavy atom. The summed E-state index contributed by atoms with van der Waals surface area (Å²) in [4.78, 5) is 6.69. The van der Waals surface area contributed by atoms with Crippen molar-refractivity contribution in [2.75, 3.05) is 26.2 Å². The lowest BCUT2D eigenvalue weighted by Gasteiger charge is -2.27. The molecule has 1 aliphatic rings. The number of hydrogen-bond donors (Lipinski definition) is 1. The molecule has 0 saturated carbocycles. The molecule has 1 aliphatic heterocycles. The Morgan fingerprint density at radius 2 is 2.10 bits per heavy atom. The zero-order valence-electron chi connectivity index (χ0n) is 11.6. The monoisotopic (exact) mass is 290 g/mol. The van der Waals surface area contributed by atoms with Crippen molar-refractivity contribution < 1.29 is 0 Å². The van der Waals surface area contributed by atoms with Crippen molar-refractivity contribution in [2.24, 2.45) is 0 Å². The first-order valence-electron chi connectivity index (χ1n) is 6.96. The minimum atomic E-state index is 0.777. The third-order valence-electron chi connectivity index (χ3n) is 3.71. The largest absolute Gasteiger partial charge is 0.314 e. The first kappa shape index (κ1) is 13.6. The van der Waals surface area contributed by atoms with Crippen molar-refractivity contribution in [1.29, 1.82) is 0 Å². The fraction of sp³-hybridized carbons (Fsp3) is 0.400. The van der Waals surface area contributed by atoms with E-state index in [1.807, 2.05) is 17.7 Å². The van der Waals surface area contributed by atoms with Gasteiger partial charge in [0.15, 0.2) is 0 Å². The van der Waals surface area contributed by atoms with Crippen molar-refractivity contribution >= 4 is 11.6 Å². The van der Waals surface area contributed by atoms with Crippen LogP contribution in [0, 0.1) is 6.92 Å². The van der Waals surface area contributed by atoms with Crippen LogP contribution in [0.4, 0.5) is 0 Å². The molecule has 1 fully saturated rings. The van der Waals surface area contributed by atoms with E-state index in [0.717, 1.165) is 49.3 Å². The number of aromatic nitrogens is 2. The van der Waals surface area contributed by atoms with Gasteiger partial charge in [-0.3, -0.25) is 4.90 Å². The van der Waals surface area contributed by atoms with Gasteiger partial charge in [0, 0.05) is 45.1 Å². The minimum absolute atomic E-state index is 0.777. The number of rotatable bonds is 3. The molecule has 1 aromatic carbocycles. The second-order valence-corrected chi connectivity index (χ2v) is 5.56. The molecule has 0 aliphatic carbocycles. The van der Waals surface area contributed by atoms with E-state index in [9.17, 15) is 0 Å². The number of benzene rings is 1. The number of halogens is 1. The van der Waals surface area contributed by atoms with Gasteiger partial charge in [0.2, 0.25) is 0 Å². The van der Waals surface area contributed by atoms with Crippen LogP contribution in [0.25, 0.3) is 5.69 Å². The molecule has 20 heavy (non-hydrogen) atoms. The molecule has 1 N–H and O–H groups in total. The van der Waals surface area contributed by atoms with Crippen molar-refractivity contribution in [3.05, 3.63) is 47.0 Å². The van der Waals surface area contributed by atoms with E-state index >= 15 is 0 Å². The Bertz CT molecular complexity index is 587. The van der Waals surface area contributed by atoms with E-state index in [1.165, 1.54) is 5.56 Å². The van der Waals surface area contributed by atoms with Crippen LogP contribution in [0.2, 0.25) is 5.02 Å². The van der Waals surface area contributed by atoms with Crippen LogP contribution in [0.5, 0.6) is 0 Å². The second kappa shape index (κ2) is 5.95. The fourth-order valence-electron chi connectivity index (χ4n) is 2.60. The average molecular weight is 291 g/mol. The molecule has 3 rings (SSSR count). The highest BCUT2D eigenvalue weighted by Crippen LogP contribution is 2.23. The van der Waals surface area contributed by atoms with E-state index in [1.54, 1.807) is 6.20 Å². The lowest BCUT2D eigenvalue weighted by Crippen LogP contribution is -2.42. The first-order chi connectivity index (χ1) is 9.74. The molecule has 0 bridgehead atoms. The molecule has 0 unspecified atom stereocenters. The Balaban J connectivity index is 1.79. The Labute approximate surface area is 124 Å². The molecular weight excluding hydrogens is 272 g/mol. The van der Waals surface area contributed by atoms with Crippen LogP contribution in [-0.2, 0) is 6.54 Å². The molecule has 4 nitrogen and oxygen atoms in total. The van der Waals surface area contributed by atoms with E-state index in [2.05, 4.69) is 33.4 Å². The van der Waals surface area contributed by atoms with Gasteiger partial charge in [-0.15, -0.1) is 0 Å². The molecule has 106 valence electrons. The quantitative estimate of drug-likeness (QED) is 0.941. The van der Waals surface area contributed by atoms with Crippen LogP contribution in [0.1, 0.15) is 11.4 Å². The summed E-state index contributed by atoms with van der Waals surface area (Å²) in [5.41, 5.74) is 2.25. The van der Waals surface area contributed by atoms with Gasteiger partial charge in [-0.25, -0.2) is 4.98 Å². The van der Waals surface area contributed by atoms with Crippen LogP contribution in [0.15, 0.2) is 30.6 Å². The maximum Gasteiger partial charge on any atom is 0.110 e. The topological polar surface area (TPSA) is 33.1 Å². The lowest BCUT2D eigenvalue weighted by atomic mass is 10.1. The molecule has 2 aromatic rings. The maximum absolute atomic E-state index is 6.43. The highest BCUT2D eigenvalue weighted by Gasteiger charge is 2.11. The van der Waals surface area contributed by atoms with E-state index < -0.39 is 0 Å². The number of nitrogens with zero attached hydrogens (tertiary/aromatic N) is 3. The predicted molar refractivity (Wildman–Crippen MR) is 81.5 cm³/mol. The number of hydrogen-bond acceptors (Lipinski definition) is 3. The fourth-order valence-corrected chi connectivity index (χ4v) is 2.90. The molecule has 1 aromatic heterocycles. The number of aryl methyl sites for hydroxylation is 1. The standard InChI is InChI=1S/C15H19ClN4/c1-12-18-6-9-20(12)15-3-2-13(10-14(15)16)11-19-7-4-17-5-8-19/h2-3,6,9-10,17H,4-5,7-8,11H2,1H3. The van der Waals surface area contributed by atoms with Crippen molar-refractivity contribution in [1.82, 2.24) is 19.8 Å². The third kappa shape index (κ3) is 2.87. The predicted octanol–water partition coefficient (Wildman–Crippen LogP) is 2.24. The van der Waals surface area contributed by atoms with Crippen LogP contribution in [-0.4, -0.2) is 40.6 Å². The van der Waals surface area contributed by atoms with E-state index in [0.29, 0.717) is 0 Å². The average Bonchev–Trinajstić information content (AvgIpc) is 2.86. The van der Waals surface area contributed by atoms with Gasteiger partial charge in [-0.05, 0) is 24.6 Å². The molecule has 5 heteroatoms. The lowest BCUT2D eigenvalue weighted by molar-refractivity contribution is 0.233. The summed E-state index contributed by atoms with van der Waals surface area (Å²) in [6.45, 7) is 7.27. The van der Waals surface area contributed by atoms with Gasteiger partial charge >= 0.3 is 0 Å². The summed E-state index contributed by atoms with van der Waals surface area (Å²) in [5.74, 6) is 0.946. The summed E-state index contributed by atoms with van der Waals surface area (Å²) >= 11 is 6.43. The molecule has 2 heterocycles. The van der Waals surface area contributed by atoms with Crippen molar-refractivity contribution in [3.63, 3.8) is 0 Å². The SMILES string of the molecule is Cc1nccn1-c1ccc(CN2CCNCC2)cc1Cl. The Hall–Kier alpha value is -1.36. The summed E-state index contributed by atoms with van der Waals surface area (Å²) < 4.78 is 2.01. The summed E-state index contributed by atoms with van der Waals surface area (Å²) in [6, 6.07) is 6.30. The second-order valence-electron chi connectivity index (χ2n) is 5.16. The van der Waals surface area contributed by atoms with Crippen LogP contribution >= 0.6 is 11.6 Å². The zero-order valence-corrected chi connectivity index (χ0v) is 12.4. The number of nitrogens with one attached hydrogen (secondary N) is 1. The maximum atomic E-state index is 6.43. The Morgan fingerprint density at radius 3 is 2.75 bits per heavy atom. The number of piperazine rings is 1. The third-order valence-corrected chi connectivity index (χ3v) is 4.02. The molecular formula is C15H19ClN4. The smallest absolute Gasteiger partial charge is 0.110 e. The zero-order chi connectivity index (χ0) is 13.9. The van der Waals surface area contributed by atoms with Crippen molar-refractivity contribution in [2.45, 2.75) is 13.5 Å². The van der Waals surface area contributed by atoms with Gasteiger partial charge in [-0.2, -0.15) is 0 Å². The summed E-state index contributed by atoms with van der Waals surface area (Å²) in [5, 5.41) is 4.14. The van der Waals surface area contributed by atoms with E-state index in [-0.39, 0.29) is 0 Å². The number of imidazole rings is 1. The van der Waals surface area contributed by atoms with Crippen LogP contribution < -0.4 is 5.32 Å². The minimum Gasteiger partial charge on any atom is -0.314 e. The van der Waals surface area contributed by atoms with Gasteiger partial charge in [0.1, 0.15) is 5.82 Å². The normalized spacial score (nSPS) is 16.5. The summed E-state index contributed by atoms with van der Waals surface area (Å²) in [7, 11) is 0. The molecule has 0 spiro atoms. The summed E-state index contributed by atoms with van der Waals surface area (Å²) in [6.07, 6.45) is 3.73. The first-order valence-corrected chi connectivity index (χ1v) is 7.33. The molecule has 1 saturated heterocycles. The molecule has 0 amide bonds. The van der Waals surface area contributed by atoms with Gasteiger partial charge in [0.25, 0.3) is 0 Å². The Kier molecular flexibility index (Phi) is 4.05. The highest BCUT2D eigenvalue weighted by atomic mass is 35.5. The van der Waals surface area contributed by atoms with Gasteiger partial charge in [0.05, 0.1) is 10.7 Å². The van der Waals surface area contributed by atoms with Crippen LogP contribution in [0.3, 0.4) is 0 Å². The van der Waals surface area contributed by atoms with E-state index in [4.69, 9.17) is 11.6 Å². The van der Waals surface area contributed by atoms with Gasteiger partial charge < -0.3 is 9.88 Å². The van der Waals surface area contributed by atoms with Crippen molar-refractivity contribution in [3.8, 4) is 5.69 Å². The highest BCUT2D eigenvalue weighted by molar-refractivity contribution is 6.32. The molecule has 0 radical (unpaired) electrons. The van der Waals surface area contributed by atoms with Gasteiger partial charge in [-0.1, -0.05) is 17.7 Å². The molecule has 0 atom stereocenters.